The van der Waals surface area contributed by atoms with Crippen LogP contribution in [0.15, 0.2) is 17.3 Å². The summed E-state index contributed by atoms with van der Waals surface area (Å²) >= 11 is 0. The van der Waals surface area contributed by atoms with E-state index in [1.807, 2.05) is 12.4 Å². The molecule has 41 valence electrons. The van der Waals surface area contributed by atoms with Crippen LogP contribution in [-0.4, -0.2) is 12.5 Å². The van der Waals surface area contributed by atoms with Crippen LogP contribution in [0.1, 0.15) is 6.42 Å². The predicted octanol–water partition coefficient (Wildman–Crippen LogP) is 0.701. The molecule has 1 radical (unpaired) electrons. The van der Waals surface area contributed by atoms with Crippen LogP contribution >= 0.6 is 0 Å². The molecule has 0 amide bonds. The molecule has 0 N–H and O–H groups in total. The summed E-state index contributed by atoms with van der Waals surface area (Å²) in [5.41, 5.74) is 0. The summed E-state index contributed by atoms with van der Waals surface area (Å²) in [5.74, 6) is -0.0972. The Morgan fingerprint density at radius 3 is 3.00 bits per heavy atom. The zero-order chi connectivity index (χ0) is 5.82. The van der Waals surface area contributed by atoms with E-state index < -0.39 is 0 Å². The van der Waals surface area contributed by atoms with Crippen LogP contribution in [0.5, 0.6) is 0 Å². The normalized spacial score (nSPS) is 25.8. The number of nitrogens with zero attached hydrogens (tertiary/aromatic N) is 1. The summed E-state index contributed by atoms with van der Waals surface area (Å²) in [5, 5.41) is 0. The second-order valence-corrected chi connectivity index (χ2v) is 1.64. The molecule has 1 aliphatic rings. The largest absolute Gasteiger partial charge is 0.290 e. The van der Waals surface area contributed by atoms with Crippen molar-refractivity contribution in [1.29, 1.82) is 0 Å². The Hall–Kier alpha value is -0.920. The van der Waals surface area contributed by atoms with E-state index in [-0.39, 0.29) is 5.92 Å². The first-order valence-electron chi connectivity index (χ1n) is 2.49. The molecule has 1 aliphatic heterocycles. The van der Waals surface area contributed by atoms with Crippen molar-refractivity contribution >= 4 is 12.5 Å². The fourth-order valence-corrected chi connectivity index (χ4v) is 0.561. The van der Waals surface area contributed by atoms with Crippen LogP contribution in [-0.2, 0) is 4.79 Å². The van der Waals surface area contributed by atoms with Crippen LogP contribution in [0.25, 0.3) is 0 Å². The van der Waals surface area contributed by atoms with Crippen molar-refractivity contribution in [1.82, 2.24) is 0 Å². The molecule has 2 heteroatoms. The number of aliphatic imine (C=N–C) groups is 1. The van der Waals surface area contributed by atoms with Crippen molar-refractivity contribution in [2.45, 2.75) is 6.42 Å². The zero-order valence-corrected chi connectivity index (χ0v) is 4.37. The van der Waals surface area contributed by atoms with Gasteiger partial charge in [0.15, 0.2) is 0 Å². The van der Waals surface area contributed by atoms with Gasteiger partial charge in [-0.1, -0.05) is 6.08 Å². The molecule has 1 unspecified atom stereocenters. The molecule has 8 heavy (non-hydrogen) atoms. The fourth-order valence-electron chi connectivity index (χ4n) is 0.561. The van der Waals surface area contributed by atoms with Crippen molar-refractivity contribution in [3.63, 3.8) is 0 Å². The summed E-state index contributed by atoms with van der Waals surface area (Å²) in [6.07, 6.45) is 7.76. The summed E-state index contributed by atoms with van der Waals surface area (Å²) in [7, 11) is 0. The van der Waals surface area contributed by atoms with E-state index in [0.29, 0.717) is 0 Å². The summed E-state index contributed by atoms with van der Waals surface area (Å²) in [4.78, 5) is 13.7. The third-order valence-corrected chi connectivity index (χ3v) is 0.999. The lowest BCUT2D eigenvalue weighted by Gasteiger charge is -1.99. The van der Waals surface area contributed by atoms with Crippen molar-refractivity contribution in [3.8, 4) is 0 Å². The minimum Gasteiger partial charge on any atom is -0.290 e. The van der Waals surface area contributed by atoms with Gasteiger partial charge in [-0.25, -0.2) is 0 Å². The van der Waals surface area contributed by atoms with Gasteiger partial charge in [-0.3, -0.25) is 9.79 Å². The fraction of sp³-hybridized carbons (Fsp3) is 0.333. The Kier molecular flexibility index (Phi) is 1.57. The average Bonchev–Trinajstić information content (AvgIpc) is 1.90. The van der Waals surface area contributed by atoms with Crippen LogP contribution in [0, 0.1) is 5.92 Å². The lowest BCUT2D eigenvalue weighted by Crippen LogP contribution is -2.03. The quantitative estimate of drug-likeness (QED) is 0.486. The lowest BCUT2D eigenvalue weighted by molar-refractivity contribution is 0.543. The van der Waals surface area contributed by atoms with Crippen LogP contribution in [0.3, 0.4) is 0 Å². The van der Waals surface area contributed by atoms with E-state index in [0.717, 1.165) is 6.42 Å². The smallest absolute Gasteiger partial charge is 0.207 e. The number of hydrogen-bond donors (Lipinski definition) is 0. The topological polar surface area (TPSA) is 29.4 Å². The van der Waals surface area contributed by atoms with Crippen LogP contribution in [0.4, 0.5) is 0 Å². The molecule has 0 aromatic rings. The third-order valence-electron chi connectivity index (χ3n) is 0.999. The highest BCUT2D eigenvalue weighted by atomic mass is 16.1. The standard InChI is InChI=1S/C6H6NO/c8-5-6-2-1-3-7-4-6/h1,3-4,6H,2H2. The Morgan fingerprint density at radius 2 is 2.62 bits per heavy atom. The minimum atomic E-state index is -0.0972. The van der Waals surface area contributed by atoms with Gasteiger partial charge in [0.25, 0.3) is 0 Å². The Bertz CT molecular complexity index is 137. The molecule has 0 aromatic carbocycles. The molecular weight excluding hydrogens is 102 g/mol. The molecule has 0 bridgehead atoms. The number of hydrogen-bond acceptors (Lipinski definition) is 2. The molecular formula is C6H6NO. The number of rotatable bonds is 1. The van der Waals surface area contributed by atoms with Crippen molar-refractivity contribution in [3.05, 3.63) is 12.3 Å². The first kappa shape index (κ1) is 5.22. The molecule has 0 saturated carbocycles. The molecule has 2 nitrogen and oxygen atoms in total. The Balaban J connectivity index is 2.51. The van der Waals surface area contributed by atoms with Gasteiger partial charge >= 0.3 is 0 Å². The van der Waals surface area contributed by atoms with Gasteiger partial charge < -0.3 is 0 Å². The molecule has 0 aliphatic carbocycles. The number of allylic oxidation sites excluding steroid dienone is 1. The SMILES string of the molecule is O=[C]C1C=NC=CC1. The zero-order valence-electron chi connectivity index (χ0n) is 4.37. The summed E-state index contributed by atoms with van der Waals surface area (Å²) in [6, 6.07) is 0. The molecule has 1 heterocycles. The van der Waals surface area contributed by atoms with Gasteiger partial charge in [-0.2, -0.15) is 0 Å². The monoisotopic (exact) mass is 108 g/mol. The van der Waals surface area contributed by atoms with Crippen molar-refractivity contribution < 1.29 is 4.79 Å². The van der Waals surface area contributed by atoms with Crippen molar-refractivity contribution in [2.75, 3.05) is 0 Å². The average molecular weight is 108 g/mol. The summed E-state index contributed by atoms with van der Waals surface area (Å²) in [6.45, 7) is 0. The van der Waals surface area contributed by atoms with Crippen LogP contribution < -0.4 is 0 Å². The summed E-state index contributed by atoms with van der Waals surface area (Å²) < 4.78 is 0. The van der Waals surface area contributed by atoms with Gasteiger partial charge in [0.05, 0.1) is 5.92 Å². The molecule has 0 fully saturated rings. The van der Waals surface area contributed by atoms with Gasteiger partial charge in [0, 0.05) is 12.4 Å². The van der Waals surface area contributed by atoms with E-state index in [4.69, 9.17) is 0 Å². The lowest BCUT2D eigenvalue weighted by atomic mass is 10.1. The molecule has 0 spiro atoms. The van der Waals surface area contributed by atoms with Gasteiger partial charge in [0.2, 0.25) is 6.29 Å². The maximum Gasteiger partial charge on any atom is 0.207 e. The van der Waals surface area contributed by atoms with E-state index in [1.54, 1.807) is 12.4 Å². The molecule has 0 aromatic heterocycles. The molecule has 0 saturated heterocycles. The third kappa shape index (κ3) is 1.03. The second-order valence-electron chi connectivity index (χ2n) is 1.64. The highest BCUT2D eigenvalue weighted by Gasteiger charge is 2.02. The first-order valence-corrected chi connectivity index (χ1v) is 2.49. The van der Waals surface area contributed by atoms with Gasteiger partial charge in [-0.05, 0) is 6.42 Å². The van der Waals surface area contributed by atoms with Gasteiger partial charge in [0.1, 0.15) is 0 Å². The molecule has 1 rings (SSSR count). The first-order chi connectivity index (χ1) is 3.93. The maximum atomic E-state index is 9.91. The van der Waals surface area contributed by atoms with Crippen molar-refractivity contribution in [2.24, 2.45) is 10.9 Å². The Morgan fingerprint density at radius 1 is 1.75 bits per heavy atom. The van der Waals surface area contributed by atoms with E-state index >= 15 is 0 Å². The minimum absolute atomic E-state index is 0.0972. The second kappa shape index (κ2) is 2.40. The highest BCUT2D eigenvalue weighted by Crippen LogP contribution is 2.01. The molecule has 1 atom stereocenters. The van der Waals surface area contributed by atoms with Crippen LogP contribution in [0.2, 0.25) is 0 Å². The highest BCUT2D eigenvalue weighted by molar-refractivity contribution is 5.82. The number of carbonyl (C=O) groups excluding carboxylic acids is 1. The van der Waals surface area contributed by atoms with E-state index in [1.165, 1.54) is 0 Å². The van der Waals surface area contributed by atoms with E-state index in [2.05, 4.69) is 4.99 Å². The van der Waals surface area contributed by atoms with Gasteiger partial charge in [-0.15, -0.1) is 0 Å². The predicted molar refractivity (Wildman–Crippen MR) is 31.4 cm³/mol. The Labute approximate surface area is 47.9 Å². The van der Waals surface area contributed by atoms with E-state index in [9.17, 15) is 4.79 Å². The maximum absolute atomic E-state index is 9.91.